The molecule has 1 aliphatic heterocycles. The summed E-state index contributed by atoms with van der Waals surface area (Å²) < 4.78 is 38.8. The third kappa shape index (κ3) is 4.12. The van der Waals surface area contributed by atoms with Gasteiger partial charge in [0, 0.05) is 36.9 Å². The summed E-state index contributed by atoms with van der Waals surface area (Å²) in [5, 5.41) is 0.500. The number of aromatic nitrogens is 1. The Kier molecular flexibility index (Phi) is 5.78. The lowest BCUT2D eigenvalue weighted by atomic mass is 10.2. The summed E-state index contributed by atoms with van der Waals surface area (Å²) in [5.74, 6) is -0.0706. The Morgan fingerprint density at radius 2 is 1.93 bits per heavy atom. The average molecular weight is 413 g/mol. The van der Waals surface area contributed by atoms with Crippen LogP contribution in [0.15, 0.2) is 35.4 Å². The number of hydrogen-bond acceptors (Lipinski definition) is 5. The summed E-state index contributed by atoms with van der Waals surface area (Å²) in [5.41, 5.74) is 0.784. The molecule has 0 bridgehead atoms. The average Bonchev–Trinajstić information content (AvgIpc) is 3.30. The van der Waals surface area contributed by atoms with Crippen molar-refractivity contribution in [1.82, 2.24) is 8.87 Å². The Bertz CT molecular complexity index is 949. The van der Waals surface area contributed by atoms with Gasteiger partial charge in [0.1, 0.15) is 22.9 Å². The molecule has 0 N–H and O–H groups in total. The second-order valence-corrected chi connectivity index (χ2v) is 8.69. The number of halogens is 1. The van der Waals surface area contributed by atoms with Gasteiger partial charge in [-0.2, -0.15) is 4.31 Å². The normalized spacial score (nSPS) is 15.1. The topological polar surface area (TPSA) is 77.8 Å². The summed E-state index contributed by atoms with van der Waals surface area (Å²) >= 11 is 5.98. The summed E-state index contributed by atoms with van der Waals surface area (Å²) in [4.78, 5) is 12.6. The van der Waals surface area contributed by atoms with Gasteiger partial charge >= 0.3 is 5.97 Å². The van der Waals surface area contributed by atoms with Crippen LogP contribution >= 0.6 is 11.6 Å². The van der Waals surface area contributed by atoms with Crippen molar-refractivity contribution in [3.8, 4) is 5.75 Å². The zero-order chi connectivity index (χ0) is 19.6. The second kappa shape index (κ2) is 7.92. The molecule has 1 fully saturated rings. The molecule has 9 heteroatoms. The number of carbonyl (C=O) groups is 1. The van der Waals surface area contributed by atoms with E-state index in [1.807, 2.05) is 0 Å². The third-order valence-electron chi connectivity index (χ3n) is 4.49. The van der Waals surface area contributed by atoms with Crippen molar-refractivity contribution in [3.05, 3.63) is 46.7 Å². The predicted octanol–water partition coefficient (Wildman–Crippen LogP) is 2.83. The van der Waals surface area contributed by atoms with Crippen LogP contribution in [-0.4, -0.2) is 43.5 Å². The highest BCUT2D eigenvalue weighted by Crippen LogP contribution is 2.25. The molecule has 1 aliphatic rings. The minimum Gasteiger partial charge on any atom is -0.496 e. The number of aryl methyl sites for hydroxylation is 1. The van der Waals surface area contributed by atoms with Crippen molar-refractivity contribution in [3.63, 3.8) is 0 Å². The molecule has 0 spiro atoms. The van der Waals surface area contributed by atoms with E-state index in [-0.39, 0.29) is 17.2 Å². The third-order valence-corrected chi connectivity index (χ3v) is 6.59. The number of methoxy groups -OCH3 is 1. The van der Waals surface area contributed by atoms with Crippen LogP contribution in [0.3, 0.4) is 0 Å². The fourth-order valence-electron chi connectivity index (χ4n) is 3.03. The molecule has 1 saturated heterocycles. The van der Waals surface area contributed by atoms with Gasteiger partial charge in [-0.25, -0.2) is 13.2 Å². The molecule has 0 atom stereocenters. The molecule has 2 heterocycles. The van der Waals surface area contributed by atoms with Crippen molar-refractivity contribution in [2.45, 2.75) is 24.3 Å². The largest absolute Gasteiger partial charge is 0.496 e. The van der Waals surface area contributed by atoms with Gasteiger partial charge in [-0.1, -0.05) is 11.6 Å². The van der Waals surface area contributed by atoms with Crippen molar-refractivity contribution < 1.29 is 22.7 Å². The Morgan fingerprint density at radius 3 is 2.59 bits per heavy atom. The molecular weight excluding hydrogens is 392 g/mol. The van der Waals surface area contributed by atoms with Gasteiger partial charge in [-0.15, -0.1) is 0 Å². The van der Waals surface area contributed by atoms with Gasteiger partial charge in [0.25, 0.3) is 0 Å². The Labute approximate surface area is 163 Å². The van der Waals surface area contributed by atoms with Crippen LogP contribution in [0.5, 0.6) is 5.75 Å². The molecule has 1 aromatic heterocycles. The van der Waals surface area contributed by atoms with E-state index < -0.39 is 16.0 Å². The number of carbonyl (C=O) groups excluding carboxylic acids is 1. The highest BCUT2D eigenvalue weighted by molar-refractivity contribution is 7.89. The first-order valence-corrected chi connectivity index (χ1v) is 10.3. The van der Waals surface area contributed by atoms with E-state index in [9.17, 15) is 13.2 Å². The monoisotopic (exact) mass is 412 g/mol. The van der Waals surface area contributed by atoms with Crippen LogP contribution in [0.2, 0.25) is 5.02 Å². The van der Waals surface area contributed by atoms with Crippen molar-refractivity contribution in [2.75, 3.05) is 20.2 Å². The predicted molar refractivity (Wildman–Crippen MR) is 101 cm³/mol. The van der Waals surface area contributed by atoms with Gasteiger partial charge in [0.15, 0.2) is 0 Å². The number of benzene rings is 1. The molecule has 0 saturated carbocycles. The molecule has 7 nitrogen and oxygen atoms in total. The Hall–Kier alpha value is -2.03. The number of hydrogen-bond donors (Lipinski definition) is 0. The standard InChI is InChI=1S/C18H21ClN2O5S/c1-20-11-15(27(23,24)21-7-3-4-8-21)10-16(20)18(22)26-12-13-9-14(19)5-6-17(13)25-2/h5-6,9-11H,3-4,7-8,12H2,1-2H3. The molecule has 27 heavy (non-hydrogen) atoms. The van der Waals surface area contributed by atoms with Crippen LogP contribution in [-0.2, 0) is 28.4 Å². The van der Waals surface area contributed by atoms with E-state index >= 15 is 0 Å². The maximum atomic E-state index is 12.7. The molecule has 3 rings (SSSR count). The highest BCUT2D eigenvalue weighted by atomic mass is 35.5. The number of nitrogens with zero attached hydrogens (tertiary/aromatic N) is 2. The maximum absolute atomic E-state index is 12.7. The van der Waals surface area contributed by atoms with Crippen molar-refractivity contribution >= 4 is 27.6 Å². The first-order valence-electron chi connectivity index (χ1n) is 8.49. The molecule has 2 aromatic rings. The molecule has 0 unspecified atom stereocenters. The number of rotatable bonds is 6. The second-order valence-electron chi connectivity index (χ2n) is 6.32. The van der Waals surface area contributed by atoms with Crippen molar-refractivity contribution in [1.29, 1.82) is 0 Å². The molecular formula is C18H21ClN2O5S. The molecule has 0 aliphatic carbocycles. The van der Waals surface area contributed by atoms with Crippen LogP contribution in [0.25, 0.3) is 0 Å². The van der Waals surface area contributed by atoms with Gasteiger partial charge in [-0.3, -0.25) is 0 Å². The number of sulfonamides is 1. The number of esters is 1. The van der Waals surface area contributed by atoms with Crippen LogP contribution in [0.4, 0.5) is 0 Å². The Morgan fingerprint density at radius 1 is 1.22 bits per heavy atom. The van der Waals surface area contributed by atoms with E-state index in [2.05, 4.69) is 0 Å². The van der Waals surface area contributed by atoms with E-state index in [1.165, 1.54) is 28.2 Å². The molecule has 146 valence electrons. The SMILES string of the molecule is COc1ccc(Cl)cc1COC(=O)c1cc(S(=O)(=O)N2CCCC2)cn1C. The maximum Gasteiger partial charge on any atom is 0.355 e. The lowest BCUT2D eigenvalue weighted by Gasteiger charge is -2.13. The first kappa shape index (κ1) is 19.7. The minimum atomic E-state index is -3.59. The van der Waals surface area contributed by atoms with E-state index in [4.69, 9.17) is 21.1 Å². The summed E-state index contributed by atoms with van der Waals surface area (Å²) in [7, 11) is -0.464. The van der Waals surface area contributed by atoms with Gasteiger partial charge in [0.2, 0.25) is 10.0 Å². The van der Waals surface area contributed by atoms with E-state index in [1.54, 1.807) is 25.2 Å². The quantitative estimate of drug-likeness (QED) is 0.682. The summed E-state index contributed by atoms with van der Waals surface area (Å²) in [6.45, 7) is 0.971. The fraction of sp³-hybridized carbons (Fsp3) is 0.389. The number of ether oxygens (including phenoxy) is 2. The summed E-state index contributed by atoms with van der Waals surface area (Å²) in [6.07, 6.45) is 3.13. The zero-order valence-electron chi connectivity index (χ0n) is 15.1. The fourth-order valence-corrected chi connectivity index (χ4v) is 4.82. The van der Waals surface area contributed by atoms with Gasteiger partial charge < -0.3 is 14.0 Å². The van der Waals surface area contributed by atoms with Gasteiger partial charge in [0.05, 0.1) is 7.11 Å². The lowest BCUT2D eigenvalue weighted by Crippen LogP contribution is -2.27. The lowest BCUT2D eigenvalue weighted by molar-refractivity contribution is 0.0459. The zero-order valence-corrected chi connectivity index (χ0v) is 16.7. The van der Waals surface area contributed by atoms with E-state index in [0.717, 1.165) is 12.8 Å². The van der Waals surface area contributed by atoms with Gasteiger partial charge in [-0.05, 0) is 37.1 Å². The molecule has 0 radical (unpaired) electrons. The van der Waals surface area contributed by atoms with Crippen LogP contribution in [0, 0.1) is 0 Å². The van der Waals surface area contributed by atoms with Crippen LogP contribution < -0.4 is 4.74 Å². The van der Waals surface area contributed by atoms with E-state index in [0.29, 0.717) is 29.4 Å². The first-order chi connectivity index (χ1) is 12.8. The molecule has 0 amide bonds. The Balaban J connectivity index is 1.76. The molecule has 1 aromatic carbocycles. The summed E-state index contributed by atoms with van der Waals surface area (Å²) in [6, 6.07) is 6.38. The smallest absolute Gasteiger partial charge is 0.355 e. The highest BCUT2D eigenvalue weighted by Gasteiger charge is 2.29. The van der Waals surface area contributed by atoms with Crippen molar-refractivity contribution in [2.24, 2.45) is 7.05 Å². The minimum absolute atomic E-state index is 0.0397. The van der Waals surface area contributed by atoms with Crippen LogP contribution in [0.1, 0.15) is 28.9 Å².